The van der Waals surface area contributed by atoms with Gasteiger partial charge in [0, 0.05) is 31.6 Å². The minimum atomic E-state index is -1.31. The third kappa shape index (κ3) is 5.40. The van der Waals surface area contributed by atoms with Crippen molar-refractivity contribution in [2.24, 2.45) is 29.1 Å². The Morgan fingerprint density at radius 2 is 1.71 bits per heavy atom. The number of rotatable bonds is 6. The van der Waals surface area contributed by atoms with Crippen LogP contribution in [0.15, 0.2) is 72.3 Å². The SMILES string of the molecule is COc1cc(C2C3=CCC4C(=O)N(C5CCN(Cc6ccccc6)CC5)C(=O)C4C3CC3C(=O)N(c4ccc(F)c(Cl)c4)C(=O)C32C)cc(I)c1O. The highest BCUT2D eigenvalue weighted by molar-refractivity contribution is 14.1. The van der Waals surface area contributed by atoms with Gasteiger partial charge in [-0.1, -0.05) is 53.6 Å². The number of imide groups is 2. The molecule has 3 heterocycles. The highest BCUT2D eigenvalue weighted by atomic mass is 127. The van der Waals surface area contributed by atoms with Gasteiger partial charge in [-0.15, -0.1) is 0 Å². The minimum Gasteiger partial charge on any atom is -0.504 e. The maximum absolute atomic E-state index is 14.7. The van der Waals surface area contributed by atoms with E-state index in [1.807, 2.05) is 46.9 Å². The van der Waals surface area contributed by atoms with Crippen LogP contribution in [0.5, 0.6) is 11.5 Å². The Morgan fingerprint density at radius 1 is 0.981 bits per heavy atom. The van der Waals surface area contributed by atoms with Gasteiger partial charge in [-0.05, 0) is 103 Å². The Labute approximate surface area is 319 Å². The van der Waals surface area contributed by atoms with E-state index in [0.29, 0.717) is 28.4 Å². The number of halogens is 3. The normalized spacial score (nSPS) is 29.2. The number of phenols is 1. The number of likely N-dealkylation sites (tertiary alicyclic amines) is 2. The number of methoxy groups -OCH3 is 1. The summed E-state index contributed by atoms with van der Waals surface area (Å²) in [6.07, 6.45) is 3.92. The Balaban J connectivity index is 1.15. The zero-order chi connectivity index (χ0) is 36.6. The highest BCUT2D eigenvalue weighted by Gasteiger charge is 2.68. The maximum Gasteiger partial charge on any atom is 0.241 e. The minimum absolute atomic E-state index is 0.0444. The lowest BCUT2D eigenvalue weighted by Crippen LogP contribution is -2.49. The zero-order valence-electron chi connectivity index (χ0n) is 28.7. The van der Waals surface area contributed by atoms with E-state index in [9.17, 15) is 28.7 Å². The predicted molar refractivity (Wildman–Crippen MR) is 200 cm³/mol. The molecule has 3 aromatic rings. The molecule has 9 nitrogen and oxygen atoms in total. The number of carbonyl (C=O) groups excluding carboxylic acids is 4. The van der Waals surface area contributed by atoms with Crippen LogP contribution in [0.3, 0.4) is 0 Å². The third-order valence-corrected chi connectivity index (χ3v) is 13.4. The molecule has 0 radical (unpaired) electrons. The zero-order valence-corrected chi connectivity index (χ0v) is 31.6. The number of nitrogens with zero attached hydrogens (tertiary/aromatic N) is 3. The van der Waals surface area contributed by atoms with Gasteiger partial charge >= 0.3 is 0 Å². The van der Waals surface area contributed by atoms with Gasteiger partial charge in [-0.25, -0.2) is 9.29 Å². The predicted octanol–water partition coefficient (Wildman–Crippen LogP) is 6.69. The second-order valence-electron chi connectivity index (χ2n) is 14.9. The van der Waals surface area contributed by atoms with Crippen LogP contribution in [0, 0.1) is 38.5 Å². The molecule has 8 rings (SSSR count). The van der Waals surface area contributed by atoms with Gasteiger partial charge in [-0.2, -0.15) is 0 Å². The van der Waals surface area contributed by atoms with Gasteiger partial charge in [0.05, 0.1) is 44.6 Å². The number of benzene rings is 3. The Morgan fingerprint density at radius 3 is 2.40 bits per heavy atom. The summed E-state index contributed by atoms with van der Waals surface area (Å²) < 4.78 is 20.2. The molecule has 270 valence electrons. The molecular weight excluding hydrogens is 800 g/mol. The van der Waals surface area contributed by atoms with E-state index in [4.69, 9.17) is 16.3 Å². The first kappa shape index (κ1) is 35.2. The fourth-order valence-corrected chi connectivity index (χ4v) is 10.5. The first-order chi connectivity index (χ1) is 24.9. The van der Waals surface area contributed by atoms with Crippen molar-refractivity contribution in [2.45, 2.75) is 51.1 Å². The van der Waals surface area contributed by atoms with Crippen LogP contribution in [0.2, 0.25) is 5.02 Å². The molecule has 0 bridgehead atoms. The number of hydrogen-bond acceptors (Lipinski definition) is 7. The number of carbonyl (C=O) groups is 4. The van der Waals surface area contributed by atoms with Crippen molar-refractivity contribution in [3.8, 4) is 11.5 Å². The molecule has 1 N–H and O–H groups in total. The van der Waals surface area contributed by atoms with Crippen molar-refractivity contribution in [1.29, 1.82) is 0 Å². The lowest BCUT2D eigenvalue weighted by Gasteiger charge is -2.49. The van der Waals surface area contributed by atoms with Crippen molar-refractivity contribution in [3.63, 3.8) is 0 Å². The Hall–Kier alpha value is -3.81. The first-order valence-electron chi connectivity index (χ1n) is 17.7. The molecule has 52 heavy (non-hydrogen) atoms. The summed E-state index contributed by atoms with van der Waals surface area (Å²) in [5.41, 5.74) is 1.57. The number of allylic oxidation sites excluding steroid dienone is 2. The number of amides is 4. The van der Waals surface area contributed by atoms with E-state index < -0.39 is 52.6 Å². The number of anilines is 1. The molecule has 0 spiro atoms. The lowest BCUT2D eigenvalue weighted by atomic mass is 9.51. The second kappa shape index (κ2) is 13.2. The quantitative estimate of drug-likeness (QED) is 0.168. The van der Waals surface area contributed by atoms with E-state index in [1.165, 1.54) is 29.7 Å². The Bertz CT molecular complexity index is 2040. The number of piperidine rings is 1. The molecule has 4 fully saturated rings. The molecule has 1 saturated carbocycles. The molecule has 3 saturated heterocycles. The number of fused-ring (bicyclic) bond motifs is 4. The van der Waals surface area contributed by atoms with Crippen LogP contribution in [-0.2, 0) is 25.7 Å². The van der Waals surface area contributed by atoms with Crippen molar-refractivity contribution < 1.29 is 33.4 Å². The molecule has 2 aliphatic carbocycles. The summed E-state index contributed by atoms with van der Waals surface area (Å²) in [6, 6.07) is 17.3. The summed E-state index contributed by atoms with van der Waals surface area (Å²) in [4.78, 5) is 62.9. The topological polar surface area (TPSA) is 107 Å². The van der Waals surface area contributed by atoms with Crippen LogP contribution in [0.25, 0.3) is 0 Å². The van der Waals surface area contributed by atoms with Gasteiger partial charge in [-0.3, -0.25) is 29.0 Å². The molecule has 5 aliphatic rings. The number of ether oxygens (including phenoxy) is 1. The number of aromatic hydroxyl groups is 1. The van der Waals surface area contributed by atoms with Crippen molar-refractivity contribution in [1.82, 2.24) is 9.80 Å². The summed E-state index contributed by atoms with van der Waals surface area (Å²) in [6.45, 7) is 4.12. The maximum atomic E-state index is 14.7. The number of phenolic OH excluding ortho intramolecular Hbond substituents is 1. The fourth-order valence-electron chi connectivity index (χ4n) is 9.74. The summed E-state index contributed by atoms with van der Waals surface area (Å²) in [5, 5.41) is 10.5. The van der Waals surface area contributed by atoms with Gasteiger partial charge in [0.2, 0.25) is 23.6 Å². The van der Waals surface area contributed by atoms with Crippen molar-refractivity contribution >= 4 is 63.5 Å². The van der Waals surface area contributed by atoms with Crippen LogP contribution < -0.4 is 9.64 Å². The van der Waals surface area contributed by atoms with Gasteiger partial charge in [0.15, 0.2) is 11.5 Å². The van der Waals surface area contributed by atoms with Crippen LogP contribution in [0.1, 0.15) is 49.7 Å². The second-order valence-corrected chi connectivity index (χ2v) is 16.4. The highest BCUT2D eigenvalue weighted by Crippen LogP contribution is 2.64. The standard InChI is InChI=1S/C40H38ClFIN3O6/c1-40-28(37(49)46(39(40)51)24-8-11-30(42)29(41)18-24)19-27-25(34(40)22-16-31(43)35(47)32(17-22)52-2)9-10-26-33(27)38(50)45(36(26)48)23-12-14-44(15-13-23)20-21-6-4-3-5-7-21/h3-9,11,16-18,23,26-28,33-34,47H,10,12-15,19-20H2,1-2H3. The number of hydrogen-bond donors (Lipinski definition) is 1. The molecule has 0 aromatic heterocycles. The van der Waals surface area contributed by atoms with Crippen molar-refractivity contribution in [3.05, 3.63) is 97.8 Å². The van der Waals surface area contributed by atoms with E-state index in [0.717, 1.165) is 36.2 Å². The largest absolute Gasteiger partial charge is 0.504 e. The molecule has 3 aliphatic heterocycles. The molecule has 3 aromatic carbocycles. The molecule has 6 atom stereocenters. The molecule has 4 amide bonds. The Kier molecular flexibility index (Phi) is 8.97. The van der Waals surface area contributed by atoms with Gasteiger partial charge in [0.25, 0.3) is 0 Å². The smallest absolute Gasteiger partial charge is 0.241 e. The van der Waals surface area contributed by atoms with Gasteiger partial charge in [0.1, 0.15) is 5.82 Å². The summed E-state index contributed by atoms with van der Waals surface area (Å²) in [5.74, 6) is -5.02. The third-order valence-electron chi connectivity index (χ3n) is 12.2. The monoisotopic (exact) mass is 837 g/mol. The van der Waals surface area contributed by atoms with Crippen LogP contribution >= 0.6 is 34.2 Å². The van der Waals surface area contributed by atoms with Crippen LogP contribution in [0.4, 0.5) is 10.1 Å². The summed E-state index contributed by atoms with van der Waals surface area (Å²) in [7, 11) is 1.45. The lowest BCUT2D eigenvalue weighted by molar-refractivity contribution is -0.144. The fraction of sp³-hybridized carbons (Fsp3) is 0.400. The molecule has 12 heteroatoms. The van der Waals surface area contributed by atoms with E-state index in [-0.39, 0.29) is 46.5 Å². The van der Waals surface area contributed by atoms with Crippen molar-refractivity contribution in [2.75, 3.05) is 25.1 Å². The first-order valence-corrected chi connectivity index (χ1v) is 19.1. The molecular formula is C40H38ClFIN3O6. The van der Waals surface area contributed by atoms with E-state index in [2.05, 4.69) is 17.0 Å². The average Bonchev–Trinajstić information content (AvgIpc) is 3.50. The summed E-state index contributed by atoms with van der Waals surface area (Å²) >= 11 is 8.14. The van der Waals surface area contributed by atoms with Gasteiger partial charge < -0.3 is 9.84 Å². The van der Waals surface area contributed by atoms with E-state index in [1.54, 1.807) is 19.1 Å². The van der Waals surface area contributed by atoms with Crippen LogP contribution in [-0.4, -0.2) is 64.8 Å². The molecule has 6 unspecified atom stereocenters. The average molecular weight is 838 g/mol. The van der Waals surface area contributed by atoms with E-state index >= 15 is 0 Å².